The van der Waals surface area contributed by atoms with Gasteiger partial charge in [0, 0.05) is 5.56 Å². The van der Waals surface area contributed by atoms with Crippen molar-refractivity contribution in [2.24, 2.45) is 0 Å². The minimum Gasteiger partial charge on any atom is -0.487 e. The molecule has 1 N–H and O–H groups in total. The fourth-order valence-electron chi connectivity index (χ4n) is 1.51. The SMILES string of the molecule is N#Cc1ccc(F)cc1COc1ccsc1C(=O)O. The van der Waals surface area contributed by atoms with Crippen LogP contribution in [0.15, 0.2) is 29.6 Å². The van der Waals surface area contributed by atoms with Crippen molar-refractivity contribution in [3.8, 4) is 11.8 Å². The van der Waals surface area contributed by atoms with E-state index in [1.54, 1.807) is 5.38 Å². The molecule has 1 heterocycles. The molecule has 6 heteroatoms. The zero-order valence-electron chi connectivity index (χ0n) is 9.59. The van der Waals surface area contributed by atoms with Crippen LogP contribution in [0.1, 0.15) is 20.8 Å². The normalized spacial score (nSPS) is 9.89. The maximum atomic E-state index is 13.1. The summed E-state index contributed by atoms with van der Waals surface area (Å²) >= 11 is 1.04. The van der Waals surface area contributed by atoms with Crippen LogP contribution in [-0.2, 0) is 6.61 Å². The van der Waals surface area contributed by atoms with E-state index in [1.807, 2.05) is 6.07 Å². The minimum atomic E-state index is -1.08. The third-order valence-corrected chi connectivity index (χ3v) is 3.28. The molecular formula is C13H8FNO3S. The van der Waals surface area contributed by atoms with E-state index in [-0.39, 0.29) is 17.2 Å². The number of ether oxygens (including phenoxy) is 1. The summed E-state index contributed by atoms with van der Waals surface area (Å²) in [5.74, 6) is -1.34. The van der Waals surface area contributed by atoms with Crippen molar-refractivity contribution < 1.29 is 19.0 Å². The van der Waals surface area contributed by atoms with E-state index in [9.17, 15) is 9.18 Å². The molecule has 0 aliphatic heterocycles. The predicted molar refractivity (Wildman–Crippen MR) is 66.7 cm³/mol. The van der Waals surface area contributed by atoms with Gasteiger partial charge >= 0.3 is 5.97 Å². The summed E-state index contributed by atoms with van der Waals surface area (Å²) in [4.78, 5) is 11.0. The van der Waals surface area contributed by atoms with E-state index in [4.69, 9.17) is 15.1 Å². The van der Waals surface area contributed by atoms with E-state index in [1.165, 1.54) is 24.3 Å². The molecule has 0 aliphatic carbocycles. The Hall–Kier alpha value is -2.39. The maximum absolute atomic E-state index is 13.1. The standard InChI is InChI=1S/C13H8FNO3S/c14-10-2-1-8(6-15)9(5-10)7-18-11-3-4-19-12(11)13(16)17/h1-5H,7H2,(H,16,17). The first-order chi connectivity index (χ1) is 9.11. The number of nitriles is 1. The third-order valence-electron chi connectivity index (χ3n) is 2.39. The molecule has 1 aromatic carbocycles. The topological polar surface area (TPSA) is 70.3 Å². The van der Waals surface area contributed by atoms with Crippen LogP contribution in [0.5, 0.6) is 5.75 Å². The van der Waals surface area contributed by atoms with E-state index in [2.05, 4.69) is 0 Å². The van der Waals surface area contributed by atoms with Gasteiger partial charge < -0.3 is 9.84 Å². The molecule has 0 fully saturated rings. The molecule has 0 spiro atoms. The first kappa shape index (κ1) is 13.1. The molecule has 2 aromatic rings. The van der Waals surface area contributed by atoms with Gasteiger partial charge in [0.05, 0.1) is 11.6 Å². The molecule has 0 radical (unpaired) electrons. The molecule has 1 aromatic heterocycles. The van der Waals surface area contributed by atoms with E-state index in [0.717, 1.165) is 11.3 Å². The Morgan fingerprint density at radius 3 is 2.95 bits per heavy atom. The van der Waals surface area contributed by atoms with Crippen LogP contribution < -0.4 is 4.74 Å². The lowest BCUT2D eigenvalue weighted by atomic mass is 10.1. The summed E-state index contributed by atoms with van der Waals surface area (Å²) in [5, 5.41) is 19.4. The molecule has 0 saturated carbocycles. The average molecular weight is 277 g/mol. The van der Waals surface area contributed by atoms with Gasteiger partial charge in [-0.2, -0.15) is 5.26 Å². The highest BCUT2D eigenvalue weighted by Gasteiger charge is 2.13. The van der Waals surface area contributed by atoms with Crippen LogP contribution in [0.25, 0.3) is 0 Å². The molecule has 2 rings (SSSR count). The van der Waals surface area contributed by atoms with Crippen LogP contribution in [0.2, 0.25) is 0 Å². The number of nitrogens with zero attached hydrogens (tertiary/aromatic N) is 1. The van der Waals surface area contributed by atoms with Gasteiger partial charge in [0.15, 0.2) is 4.88 Å². The van der Waals surface area contributed by atoms with Gasteiger partial charge in [0.1, 0.15) is 18.2 Å². The van der Waals surface area contributed by atoms with Crippen molar-refractivity contribution in [3.05, 3.63) is 51.5 Å². The van der Waals surface area contributed by atoms with Crippen molar-refractivity contribution in [2.45, 2.75) is 6.61 Å². The first-order valence-electron chi connectivity index (χ1n) is 5.24. The zero-order valence-corrected chi connectivity index (χ0v) is 10.4. The highest BCUT2D eigenvalue weighted by atomic mass is 32.1. The van der Waals surface area contributed by atoms with E-state index < -0.39 is 11.8 Å². The monoisotopic (exact) mass is 277 g/mol. The summed E-state index contributed by atoms with van der Waals surface area (Å²) in [6, 6.07) is 7.21. The number of carboxylic acid groups (broad SMARTS) is 1. The number of thiophene rings is 1. The molecule has 19 heavy (non-hydrogen) atoms. The Kier molecular flexibility index (Phi) is 3.78. The third kappa shape index (κ3) is 2.89. The number of benzene rings is 1. The Morgan fingerprint density at radius 1 is 1.47 bits per heavy atom. The summed E-state index contributed by atoms with van der Waals surface area (Å²) in [5.41, 5.74) is 0.679. The van der Waals surface area contributed by atoms with Crippen molar-refractivity contribution in [1.82, 2.24) is 0 Å². The summed E-state index contributed by atoms with van der Waals surface area (Å²) in [7, 11) is 0. The lowest BCUT2D eigenvalue weighted by Gasteiger charge is -2.07. The van der Waals surface area contributed by atoms with E-state index >= 15 is 0 Å². The lowest BCUT2D eigenvalue weighted by Crippen LogP contribution is -2.02. The Labute approximate surface area is 112 Å². The molecule has 4 nitrogen and oxygen atoms in total. The highest BCUT2D eigenvalue weighted by Crippen LogP contribution is 2.26. The van der Waals surface area contributed by atoms with Crippen molar-refractivity contribution in [3.63, 3.8) is 0 Å². The van der Waals surface area contributed by atoms with Gasteiger partial charge in [-0.25, -0.2) is 9.18 Å². The van der Waals surface area contributed by atoms with Gasteiger partial charge in [-0.05, 0) is 29.6 Å². The molecule has 96 valence electrons. The first-order valence-corrected chi connectivity index (χ1v) is 6.12. The van der Waals surface area contributed by atoms with Crippen LogP contribution in [0.4, 0.5) is 4.39 Å². The van der Waals surface area contributed by atoms with Crippen LogP contribution in [-0.4, -0.2) is 11.1 Å². The molecule has 0 unspecified atom stereocenters. The average Bonchev–Trinajstić information content (AvgIpc) is 2.85. The van der Waals surface area contributed by atoms with Crippen molar-refractivity contribution in [2.75, 3.05) is 0 Å². The van der Waals surface area contributed by atoms with Gasteiger partial charge in [-0.15, -0.1) is 11.3 Å². The number of carboxylic acids is 1. The van der Waals surface area contributed by atoms with Crippen LogP contribution >= 0.6 is 11.3 Å². The quantitative estimate of drug-likeness (QED) is 0.932. The second kappa shape index (κ2) is 5.50. The molecule has 0 aliphatic rings. The summed E-state index contributed by atoms with van der Waals surface area (Å²) in [6.07, 6.45) is 0. The van der Waals surface area contributed by atoms with Crippen LogP contribution in [0.3, 0.4) is 0 Å². The minimum absolute atomic E-state index is 0.0579. The maximum Gasteiger partial charge on any atom is 0.349 e. The predicted octanol–water partition coefficient (Wildman–Crippen LogP) is 3.04. The molecule has 0 saturated heterocycles. The van der Waals surface area contributed by atoms with Crippen molar-refractivity contribution in [1.29, 1.82) is 5.26 Å². The van der Waals surface area contributed by atoms with Gasteiger partial charge in [0.25, 0.3) is 0 Å². The second-order valence-electron chi connectivity index (χ2n) is 3.62. The highest BCUT2D eigenvalue weighted by molar-refractivity contribution is 7.12. The Morgan fingerprint density at radius 2 is 2.26 bits per heavy atom. The largest absolute Gasteiger partial charge is 0.487 e. The summed E-state index contributed by atoms with van der Waals surface area (Å²) in [6.45, 7) is -0.0579. The number of halogens is 1. The number of rotatable bonds is 4. The van der Waals surface area contributed by atoms with E-state index in [0.29, 0.717) is 11.1 Å². The molecular weight excluding hydrogens is 269 g/mol. The fourth-order valence-corrected chi connectivity index (χ4v) is 2.19. The van der Waals surface area contributed by atoms with Gasteiger partial charge in [-0.1, -0.05) is 0 Å². The van der Waals surface area contributed by atoms with Crippen molar-refractivity contribution >= 4 is 17.3 Å². The summed E-state index contributed by atoms with van der Waals surface area (Å²) < 4.78 is 18.4. The smallest absolute Gasteiger partial charge is 0.349 e. The lowest BCUT2D eigenvalue weighted by molar-refractivity contribution is 0.0697. The number of hydrogen-bond acceptors (Lipinski definition) is 4. The fraction of sp³-hybridized carbons (Fsp3) is 0.0769. The second-order valence-corrected chi connectivity index (χ2v) is 4.54. The Bertz CT molecular complexity index is 660. The Balaban J connectivity index is 2.19. The molecule has 0 amide bonds. The number of hydrogen-bond donors (Lipinski definition) is 1. The number of aromatic carboxylic acids is 1. The zero-order chi connectivity index (χ0) is 13.8. The van der Waals surface area contributed by atoms with Crippen LogP contribution in [0, 0.1) is 17.1 Å². The molecule has 0 atom stereocenters. The number of carbonyl (C=O) groups is 1. The molecule has 0 bridgehead atoms. The van der Waals surface area contributed by atoms with Gasteiger partial charge in [-0.3, -0.25) is 0 Å². The van der Waals surface area contributed by atoms with Gasteiger partial charge in [0.2, 0.25) is 0 Å².